The van der Waals surface area contributed by atoms with Gasteiger partial charge in [0.1, 0.15) is 5.82 Å². The van der Waals surface area contributed by atoms with E-state index in [0.717, 1.165) is 31.9 Å². The number of nitrogens with zero attached hydrogens (tertiary/aromatic N) is 1. The summed E-state index contributed by atoms with van der Waals surface area (Å²) in [6, 6.07) is 1.28. The predicted molar refractivity (Wildman–Crippen MR) is 54.8 cm³/mol. The molecule has 1 aliphatic rings. The van der Waals surface area contributed by atoms with Crippen molar-refractivity contribution in [2.75, 3.05) is 5.32 Å². The van der Waals surface area contributed by atoms with Gasteiger partial charge in [0.25, 0.3) is 0 Å². The van der Waals surface area contributed by atoms with E-state index in [0.29, 0.717) is 5.69 Å². The second kappa shape index (κ2) is 4.38. The van der Waals surface area contributed by atoms with Gasteiger partial charge in [0.15, 0.2) is 0 Å². The Kier molecular flexibility index (Phi) is 2.94. The monoisotopic (exact) mass is 208 g/mol. The summed E-state index contributed by atoms with van der Waals surface area (Å²) >= 11 is 0. The molecule has 0 aromatic carbocycles. The number of nitrogens with one attached hydrogen (secondary N) is 1. The Labute approximate surface area is 87.7 Å². The van der Waals surface area contributed by atoms with E-state index in [1.165, 1.54) is 12.3 Å². The van der Waals surface area contributed by atoms with Crippen molar-refractivity contribution in [2.45, 2.75) is 25.7 Å². The highest BCUT2D eigenvalue weighted by Crippen LogP contribution is 2.25. The summed E-state index contributed by atoms with van der Waals surface area (Å²) in [5, 5.41) is 2.68. The van der Waals surface area contributed by atoms with Crippen LogP contribution in [0.4, 0.5) is 10.1 Å². The van der Waals surface area contributed by atoms with Crippen LogP contribution in [-0.2, 0) is 4.79 Å². The van der Waals surface area contributed by atoms with Crippen molar-refractivity contribution >= 4 is 11.6 Å². The van der Waals surface area contributed by atoms with Crippen molar-refractivity contribution in [3.63, 3.8) is 0 Å². The van der Waals surface area contributed by atoms with Gasteiger partial charge in [-0.15, -0.1) is 0 Å². The third kappa shape index (κ3) is 2.52. The highest BCUT2D eigenvalue weighted by atomic mass is 19.1. The Balaban J connectivity index is 1.99. The van der Waals surface area contributed by atoms with E-state index in [2.05, 4.69) is 10.3 Å². The van der Waals surface area contributed by atoms with Crippen molar-refractivity contribution in [1.29, 1.82) is 0 Å². The molecule has 1 N–H and O–H groups in total. The van der Waals surface area contributed by atoms with Crippen LogP contribution in [0.15, 0.2) is 18.5 Å². The van der Waals surface area contributed by atoms with Gasteiger partial charge >= 0.3 is 0 Å². The Morgan fingerprint density at radius 2 is 2.13 bits per heavy atom. The van der Waals surface area contributed by atoms with Gasteiger partial charge in [-0.3, -0.25) is 9.78 Å². The van der Waals surface area contributed by atoms with Gasteiger partial charge in [0.05, 0.1) is 18.1 Å². The molecule has 3 nitrogen and oxygen atoms in total. The number of halogens is 1. The molecule has 80 valence electrons. The molecule has 2 rings (SSSR count). The van der Waals surface area contributed by atoms with Gasteiger partial charge in [-0.05, 0) is 12.8 Å². The van der Waals surface area contributed by atoms with E-state index in [1.807, 2.05) is 0 Å². The highest BCUT2D eigenvalue weighted by Gasteiger charge is 2.22. The smallest absolute Gasteiger partial charge is 0.227 e. The average Bonchev–Trinajstić information content (AvgIpc) is 2.70. The number of pyridine rings is 1. The van der Waals surface area contributed by atoms with Crippen molar-refractivity contribution in [3.8, 4) is 0 Å². The number of rotatable bonds is 2. The van der Waals surface area contributed by atoms with Crippen molar-refractivity contribution in [1.82, 2.24) is 4.98 Å². The first-order chi connectivity index (χ1) is 7.25. The Morgan fingerprint density at radius 1 is 1.40 bits per heavy atom. The largest absolute Gasteiger partial charge is 0.324 e. The lowest BCUT2D eigenvalue weighted by Crippen LogP contribution is -2.20. The molecule has 0 aliphatic heterocycles. The number of amides is 1. The lowest BCUT2D eigenvalue weighted by atomic mass is 10.1. The molecule has 0 radical (unpaired) electrons. The fourth-order valence-corrected chi connectivity index (χ4v) is 1.91. The molecule has 0 saturated heterocycles. The maximum Gasteiger partial charge on any atom is 0.227 e. The minimum atomic E-state index is -0.431. The zero-order chi connectivity index (χ0) is 10.7. The summed E-state index contributed by atoms with van der Waals surface area (Å²) in [4.78, 5) is 15.3. The third-order valence-corrected chi connectivity index (χ3v) is 2.70. The standard InChI is InChI=1S/C11H13FN2O/c12-9-5-10(7-13-6-9)14-11(15)8-3-1-2-4-8/h5-8H,1-4H2,(H,14,15). The fourth-order valence-electron chi connectivity index (χ4n) is 1.91. The average molecular weight is 208 g/mol. The fraction of sp³-hybridized carbons (Fsp3) is 0.455. The summed E-state index contributed by atoms with van der Waals surface area (Å²) in [5.74, 6) is -0.354. The first kappa shape index (κ1) is 10.1. The van der Waals surface area contributed by atoms with E-state index in [1.54, 1.807) is 0 Å². The quantitative estimate of drug-likeness (QED) is 0.810. The molecule has 0 unspecified atom stereocenters. The van der Waals surface area contributed by atoms with Crippen LogP contribution >= 0.6 is 0 Å². The van der Waals surface area contributed by atoms with Crippen molar-refractivity contribution in [3.05, 3.63) is 24.3 Å². The predicted octanol–water partition coefficient (Wildman–Crippen LogP) is 2.35. The molecule has 1 aromatic rings. The second-order valence-corrected chi connectivity index (χ2v) is 3.86. The molecule has 1 fully saturated rings. The first-order valence-corrected chi connectivity index (χ1v) is 5.17. The van der Waals surface area contributed by atoms with Crippen LogP contribution < -0.4 is 5.32 Å². The van der Waals surface area contributed by atoms with Crippen LogP contribution in [0.2, 0.25) is 0 Å². The van der Waals surface area contributed by atoms with Crippen LogP contribution in [0.25, 0.3) is 0 Å². The lowest BCUT2D eigenvalue weighted by molar-refractivity contribution is -0.119. The van der Waals surface area contributed by atoms with Gasteiger partial charge in [0.2, 0.25) is 5.91 Å². The van der Waals surface area contributed by atoms with Crippen LogP contribution in [0.1, 0.15) is 25.7 Å². The van der Waals surface area contributed by atoms with Gasteiger partial charge in [0, 0.05) is 12.0 Å². The number of carbonyl (C=O) groups is 1. The zero-order valence-electron chi connectivity index (χ0n) is 8.37. The Hall–Kier alpha value is -1.45. The van der Waals surface area contributed by atoms with E-state index < -0.39 is 5.82 Å². The molecular formula is C11H13FN2O. The van der Waals surface area contributed by atoms with E-state index >= 15 is 0 Å². The molecule has 15 heavy (non-hydrogen) atoms. The minimum absolute atomic E-state index is 0.0140. The molecule has 1 saturated carbocycles. The molecule has 0 bridgehead atoms. The van der Waals surface area contributed by atoms with Crippen LogP contribution in [0, 0.1) is 11.7 Å². The maximum absolute atomic E-state index is 12.8. The second-order valence-electron chi connectivity index (χ2n) is 3.86. The van der Waals surface area contributed by atoms with Crippen molar-refractivity contribution < 1.29 is 9.18 Å². The summed E-state index contributed by atoms with van der Waals surface area (Å²) in [7, 11) is 0. The van der Waals surface area contributed by atoms with Gasteiger partial charge < -0.3 is 5.32 Å². The topological polar surface area (TPSA) is 42.0 Å². The van der Waals surface area contributed by atoms with Crippen molar-refractivity contribution in [2.24, 2.45) is 5.92 Å². The van der Waals surface area contributed by atoms with Gasteiger partial charge in [-0.1, -0.05) is 12.8 Å². The maximum atomic E-state index is 12.8. The molecule has 4 heteroatoms. The molecule has 0 atom stereocenters. The minimum Gasteiger partial charge on any atom is -0.324 e. The van der Waals surface area contributed by atoms with E-state index in [4.69, 9.17) is 0 Å². The summed E-state index contributed by atoms with van der Waals surface area (Å²) < 4.78 is 12.8. The Bertz CT molecular complexity index is 361. The number of hydrogen-bond acceptors (Lipinski definition) is 2. The molecule has 0 spiro atoms. The number of hydrogen-bond donors (Lipinski definition) is 1. The first-order valence-electron chi connectivity index (χ1n) is 5.17. The van der Waals surface area contributed by atoms with Gasteiger partial charge in [-0.25, -0.2) is 4.39 Å². The van der Waals surface area contributed by atoms with E-state index in [9.17, 15) is 9.18 Å². The normalized spacial score (nSPS) is 16.6. The van der Waals surface area contributed by atoms with Gasteiger partial charge in [-0.2, -0.15) is 0 Å². The Morgan fingerprint density at radius 3 is 2.80 bits per heavy atom. The number of aromatic nitrogens is 1. The highest BCUT2D eigenvalue weighted by molar-refractivity contribution is 5.92. The van der Waals surface area contributed by atoms with Crippen LogP contribution in [0.3, 0.4) is 0 Å². The van der Waals surface area contributed by atoms with Crippen LogP contribution in [-0.4, -0.2) is 10.9 Å². The third-order valence-electron chi connectivity index (χ3n) is 2.70. The number of carbonyl (C=O) groups excluding carboxylic acids is 1. The summed E-state index contributed by atoms with van der Waals surface area (Å²) in [6.07, 6.45) is 6.67. The molecule has 1 aliphatic carbocycles. The van der Waals surface area contributed by atoms with E-state index in [-0.39, 0.29) is 11.8 Å². The lowest BCUT2D eigenvalue weighted by Gasteiger charge is -2.09. The molecule has 1 aromatic heterocycles. The molecule has 1 amide bonds. The molecule has 1 heterocycles. The summed E-state index contributed by atoms with van der Waals surface area (Å²) in [6.45, 7) is 0. The SMILES string of the molecule is O=C(Nc1cncc(F)c1)C1CCCC1. The zero-order valence-corrected chi connectivity index (χ0v) is 8.37. The number of anilines is 1. The summed E-state index contributed by atoms with van der Waals surface area (Å²) in [5.41, 5.74) is 0.437. The van der Waals surface area contributed by atoms with Crippen LogP contribution in [0.5, 0.6) is 0 Å². The molecular weight excluding hydrogens is 195 g/mol.